The van der Waals surface area contributed by atoms with Crippen molar-refractivity contribution in [3.05, 3.63) is 30.3 Å². The summed E-state index contributed by atoms with van der Waals surface area (Å²) in [5.74, 6) is -0.211. The molecule has 1 amide bonds. The van der Waals surface area contributed by atoms with E-state index in [0.29, 0.717) is 6.42 Å². The summed E-state index contributed by atoms with van der Waals surface area (Å²) in [6.07, 6.45) is 4.38. The van der Waals surface area contributed by atoms with Crippen LogP contribution in [0.5, 0.6) is 0 Å². The highest BCUT2D eigenvalue weighted by atomic mass is 35.5. The Bertz CT molecular complexity index is 398. The summed E-state index contributed by atoms with van der Waals surface area (Å²) in [6.45, 7) is 4.04. The van der Waals surface area contributed by atoms with Crippen LogP contribution in [0, 0.1) is 0 Å². The first-order chi connectivity index (χ1) is 9.52. The summed E-state index contributed by atoms with van der Waals surface area (Å²) in [5.41, 5.74) is 4.76. The number of unbranched alkanes of at least 4 members (excludes halogenated alkanes) is 1. The molecular formula is C15H24ClNO2Si. The number of carbonyl (C=O) groups is 1. The third-order valence-corrected chi connectivity index (χ3v) is 5.22. The summed E-state index contributed by atoms with van der Waals surface area (Å²) < 4.78 is 11.9. The lowest BCUT2D eigenvalue weighted by Gasteiger charge is -2.05. The van der Waals surface area contributed by atoms with Crippen molar-refractivity contribution < 1.29 is 9.26 Å². The number of amides is 1. The van der Waals surface area contributed by atoms with Crippen LogP contribution in [0.25, 0.3) is 0 Å². The van der Waals surface area contributed by atoms with Crippen LogP contribution in [-0.4, -0.2) is 19.6 Å². The molecule has 1 aromatic rings. The number of primary amides is 1. The van der Waals surface area contributed by atoms with E-state index in [1.165, 1.54) is 0 Å². The SMILES string of the molecule is CCCC(N)=O.CCCCC(Cl)[Si](=O)c1ccccc1. The molecule has 112 valence electrons. The van der Waals surface area contributed by atoms with Gasteiger partial charge in [0.25, 0.3) is 0 Å². The summed E-state index contributed by atoms with van der Waals surface area (Å²) >= 11 is 6.08. The standard InChI is InChI=1S/C11H15ClOSi.C4H9NO/c1-2-3-9-11(12)14(13)10-7-5-4-6-8-10;1-2-3-4(5)6/h4-8,11H,2-3,9H2,1H3;2-3H2,1H3,(H2,5,6). The van der Waals surface area contributed by atoms with E-state index in [1.54, 1.807) is 0 Å². The van der Waals surface area contributed by atoms with Crippen molar-refractivity contribution in [2.45, 2.75) is 51.0 Å². The van der Waals surface area contributed by atoms with Crippen LogP contribution in [0.1, 0.15) is 46.0 Å². The van der Waals surface area contributed by atoms with Gasteiger partial charge in [-0.05, 0) is 18.0 Å². The van der Waals surface area contributed by atoms with Gasteiger partial charge in [-0.1, -0.05) is 57.0 Å². The number of rotatable bonds is 7. The predicted octanol–water partition coefficient (Wildman–Crippen LogP) is 2.92. The second kappa shape index (κ2) is 11.8. The summed E-state index contributed by atoms with van der Waals surface area (Å²) in [7, 11) is -1.80. The Morgan fingerprint density at radius 1 is 1.25 bits per heavy atom. The van der Waals surface area contributed by atoms with E-state index in [-0.39, 0.29) is 10.9 Å². The fraction of sp³-hybridized carbons (Fsp3) is 0.533. The summed E-state index contributed by atoms with van der Waals surface area (Å²) in [4.78, 5) is 9.82. The van der Waals surface area contributed by atoms with E-state index in [9.17, 15) is 9.26 Å². The molecule has 1 aromatic carbocycles. The minimum absolute atomic E-state index is 0.178. The molecule has 1 rings (SSSR count). The van der Waals surface area contributed by atoms with Crippen molar-refractivity contribution in [2.24, 2.45) is 5.73 Å². The van der Waals surface area contributed by atoms with Gasteiger partial charge >= 0.3 is 8.68 Å². The lowest BCUT2D eigenvalue weighted by atomic mass is 10.3. The molecule has 1 atom stereocenters. The Balaban J connectivity index is 0.000000511. The van der Waals surface area contributed by atoms with Gasteiger partial charge in [-0.25, -0.2) is 0 Å². The first kappa shape index (κ1) is 19.0. The highest BCUT2D eigenvalue weighted by molar-refractivity contribution is 6.69. The smallest absolute Gasteiger partial charge is 0.330 e. The van der Waals surface area contributed by atoms with Crippen molar-refractivity contribution in [1.29, 1.82) is 0 Å². The normalized spacial score (nSPS) is 11.2. The van der Waals surface area contributed by atoms with Crippen molar-refractivity contribution >= 4 is 31.4 Å². The van der Waals surface area contributed by atoms with E-state index in [2.05, 4.69) is 6.92 Å². The van der Waals surface area contributed by atoms with Crippen LogP contribution in [-0.2, 0) is 9.26 Å². The van der Waals surface area contributed by atoms with E-state index >= 15 is 0 Å². The maximum absolute atomic E-state index is 11.9. The van der Waals surface area contributed by atoms with Crippen LogP contribution in [0.4, 0.5) is 0 Å². The Kier molecular flexibility index (Phi) is 11.2. The molecule has 0 saturated heterocycles. The maximum atomic E-state index is 11.9. The third-order valence-electron chi connectivity index (χ3n) is 2.65. The topological polar surface area (TPSA) is 60.2 Å². The quantitative estimate of drug-likeness (QED) is 0.621. The number of nitrogens with two attached hydrogens (primary N) is 1. The number of alkyl halides is 1. The number of hydrogen-bond donors (Lipinski definition) is 1. The Morgan fingerprint density at radius 3 is 2.25 bits per heavy atom. The lowest BCUT2D eigenvalue weighted by molar-refractivity contribution is -0.118. The Hall–Kier alpha value is -1.00. The van der Waals surface area contributed by atoms with Crippen LogP contribution in [0.15, 0.2) is 30.3 Å². The van der Waals surface area contributed by atoms with Gasteiger partial charge in [0, 0.05) is 6.42 Å². The number of hydrogen-bond acceptors (Lipinski definition) is 2. The Morgan fingerprint density at radius 2 is 1.85 bits per heavy atom. The number of halogens is 1. The summed E-state index contributed by atoms with van der Waals surface area (Å²) in [5, 5.41) is 0.718. The predicted molar refractivity (Wildman–Crippen MR) is 85.8 cm³/mol. The molecule has 20 heavy (non-hydrogen) atoms. The molecule has 0 saturated carbocycles. The monoisotopic (exact) mass is 313 g/mol. The van der Waals surface area contributed by atoms with Crippen LogP contribution in [0.3, 0.4) is 0 Å². The molecular weight excluding hydrogens is 290 g/mol. The van der Waals surface area contributed by atoms with Crippen LogP contribution >= 0.6 is 11.6 Å². The van der Waals surface area contributed by atoms with Gasteiger partial charge in [-0.3, -0.25) is 4.79 Å². The van der Waals surface area contributed by atoms with E-state index in [0.717, 1.165) is 30.9 Å². The molecule has 0 radical (unpaired) electrons. The fourth-order valence-electron chi connectivity index (χ4n) is 1.54. The molecule has 0 spiro atoms. The van der Waals surface area contributed by atoms with Gasteiger partial charge in [-0.15, -0.1) is 11.6 Å². The molecule has 0 aliphatic heterocycles. The van der Waals surface area contributed by atoms with Gasteiger partial charge in [-0.2, -0.15) is 0 Å². The molecule has 0 aromatic heterocycles. The van der Waals surface area contributed by atoms with Crippen LogP contribution in [0.2, 0.25) is 0 Å². The molecule has 0 aliphatic rings. The zero-order valence-corrected chi connectivity index (χ0v) is 14.0. The molecule has 1 unspecified atom stereocenters. The van der Waals surface area contributed by atoms with Gasteiger partial charge in [0.2, 0.25) is 5.91 Å². The highest BCUT2D eigenvalue weighted by Crippen LogP contribution is 2.07. The first-order valence-corrected chi connectivity index (χ1v) is 8.96. The lowest BCUT2D eigenvalue weighted by Crippen LogP contribution is -2.30. The highest BCUT2D eigenvalue weighted by Gasteiger charge is 2.18. The van der Waals surface area contributed by atoms with E-state index < -0.39 is 8.68 Å². The average Bonchev–Trinajstić information content (AvgIpc) is 2.45. The third kappa shape index (κ3) is 8.99. The minimum Gasteiger partial charge on any atom is -0.381 e. The zero-order valence-electron chi connectivity index (χ0n) is 12.3. The second-order valence-corrected chi connectivity index (χ2v) is 7.45. The molecule has 0 bridgehead atoms. The molecule has 0 aliphatic carbocycles. The largest absolute Gasteiger partial charge is 0.381 e. The van der Waals surface area contributed by atoms with Crippen molar-refractivity contribution in [2.75, 3.05) is 0 Å². The molecule has 5 heteroatoms. The molecule has 3 nitrogen and oxygen atoms in total. The number of carbonyl (C=O) groups excluding carboxylic acids is 1. The maximum Gasteiger partial charge on any atom is 0.330 e. The summed E-state index contributed by atoms with van der Waals surface area (Å²) in [6, 6.07) is 9.52. The molecule has 2 N–H and O–H groups in total. The van der Waals surface area contributed by atoms with Crippen molar-refractivity contribution in [1.82, 2.24) is 0 Å². The first-order valence-electron chi connectivity index (χ1n) is 7.04. The Labute approximate surface area is 128 Å². The van der Waals surface area contributed by atoms with Crippen molar-refractivity contribution in [3.63, 3.8) is 0 Å². The molecule has 0 fully saturated rings. The van der Waals surface area contributed by atoms with Gasteiger partial charge in [0.05, 0.1) is 5.00 Å². The van der Waals surface area contributed by atoms with E-state index in [1.807, 2.05) is 37.3 Å². The minimum atomic E-state index is -1.80. The second-order valence-electron chi connectivity index (χ2n) is 4.56. The molecule has 0 heterocycles. The van der Waals surface area contributed by atoms with Crippen molar-refractivity contribution in [3.8, 4) is 0 Å². The fourth-order valence-corrected chi connectivity index (χ4v) is 3.43. The van der Waals surface area contributed by atoms with Gasteiger partial charge in [0.1, 0.15) is 0 Å². The zero-order chi connectivity index (χ0) is 15.4. The van der Waals surface area contributed by atoms with Crippen LogP contribution < -0.4 is 10.9 Å². The van der Waals surface area contributed by atoms with E-state index in [4.69, 9.17) is 17.3 Å². The van der Waals surface area contributed by atoms with Gasteiger partial charge < -0.3 is 10.2 Å². The van der Waals surface area contributed by atoms with Gasteiger partial charge in [0.15, 0.2) is 0 Å². The average molecular weight is 314 g/mol. The number of benzene rings is 1.